The Morgan fingerprint density at radius 3 is 2.70 bits per heavy atom. The number of methoxy groups -OCH3 is 2. The summed E-state index contributed by atoms with van der Waals surface area (Å²) in [6, 6.07) is 7.23. The van der Waals surface area contributed by atoms with E-state index in [2.05, 4.69) is 11.9 Å². The number of ether oxygens (including phenoxy) is 2. The first-order chi connectivity index (χ1) is 9.58. The summed E-state index contributed by atoms with van der Waals surface area (Å²) in [6.45, 7) is 3.68. The Morgan fingerprint density at radius 1 is 1.35 bits per heavy atom. The van der Waals surface area contributed by atoms with E-state index < -0.39 is 11.9 Å². The SMILES string of the molecule is C=C1NC(=O)C(=Cc2ccccc2OC)C1C(=O)OC. The van der Waals surface area contributed by atoms with Gasteiger partial charge in [-0.2, -0.15) is 0 Å². The first-order valence-electron chi connectivity index (χ1n) is 6.01. The molecule has 1 aliphatic rings. The molecule has 0 spiro atoms. The first-order valence-corrected chi connectivity index (χ1v) is 6.01. The lowest BCUT2D eigenvalue weighted by atomic mass is 9.97. The highest BCUT2D eigenvalue weighted by atomic mass is 16.5. The average molecular weight is 273 g/mol. The predicted octanol–water partition coefficient (Wildman–Crippen LogP) is 1.51. The van der Waals surface area contributed by atoms with Crippen molar-refractivity contribution in [2.75, 3.05) is 14.2 Å². The molecule has 5 nitrogen and oxygen atoms in total. The third-order valence-electron chi connectivity index (χ3n) is 3.08. The van der Waals surface area contributed by atoms with Crippen molar-refractivity contribution in [2.24, 2.45) is 5.92 Å². The number of benzene rings is 1. The molecule has 1 heterocycles. The number of amides is 1. The van der Waals surface area contributed by atoms with E-state index in [1.165, 1.54) is 7.11 Å². The second kappa shape index (κ2) is 5.61. The highest BCUT2D eigenvalue weighted by molar-refractivity contribution is 6.08. The molecule has 1 aromatic carbocycles. The van der Waals surface area contributed by atoms with Crippen LogP contribution in [0.4, 0.5) is 0 Å². The van der Waals surface area contributed by atoms with Crippen molar-refractivity contribution in [3.63, 3.8) is 0 Å². The van der Waals surface area contributed by atoms with Gasteiger partial charge in [0, 0.05) is 16.8 Å². The molecule has 0 saturated carbocycles. The van der Waals surface area contributed by atoms with E-state index in [1.807, 2.05) is 12.1 Å². The van der Waals surface area contributed by atoms with Crippen molar-refractivity contribution in [3.05, 3.63) is 47.7 Å². The van der Waals surface area contributed by atoms with Crippen LogP contribution in [0.1, 0.15) is 5.56 Å². The maximum absolute atomic E-state index is 11.9. The van der Waals surface area contributed by atoms with Crippen LogP contribution in [0.5, 0.6) is 5.75 Å². The quantitative estimate of drug-likeness (QED) is 0.669. The lowest BCUT2D eigenvalue weighted by molar-refractivity contribution is -0.142. The number of carbonyl (C=O) groups is 2. The highest BCUT2D eigenvalue weighted by Crippen LogP contribution is 2.30. The molecule has 0 aliphatic carbocycles. The molecule has 1 fully saturated rings. The number of nitrogens with one attached hydrogen (secondary N) is 1. The van der Waals surface area contributed by atoms with Gasteiger partial charge in [0.15, 0.2) is 0 Å². The summed E-state index contributed by atoms with van der Waals surface area (Å²) in [5, 5.41) is 2.55. The molecule has 20 heavy (non-hydrogen) atoms. The Morgan fingerprint density at radius 2 is 2.05 bits per heavy atom. The normalized spacial score (nSPS) is 19.9. The van der Waals surface area contributed by atoms with Gasteiger partial charge in [-0.15, -0.1) is 0 Å². The fraction of sp³-hybridized carbons (Fsp3) is 0.200. The zero-order valence-electron chi connectivity index (χ0n) is 11.3. The average Bonchev–Trinajstić information content (AvgIpc) is 2.73. The minimum atomic E-state index is -0.794. The fourth-order valence-corrected chi connectivity index (χ4v) is 2.10. The van der Waals surface area contributed by atoms with Crippen LogP contribution in [-0.4, -0.2) is 26.1 Å². The van der Waals surface area contributed by atoms with Gasteiger partial charge in [-0.1, -0.05) is 24.8 Å². The largest absolute Gasteiger partial charge is 0.496 e. The molecule has 0 bridgehead atoms. The molecule has 2 rings (SSSR count). The van der Waals surface area contributed by atoms with E-state index in [-0.39, 0.29) is 5.91 Å². The van der Waals surface area contributed by atoms with Crippen LogP contribution in [0.2, 0.25) is 0 Å². The smallest absolute Gasteiger partial charge is 0.319 e. The van der Waals surface area contributed by atoms with Gasteiger partial charge in [0.1, 0.15) is 11.7 Å². The molecule has 0 aromatic heterocycles. The molecule has 1 amide bonds. The second-order valence-corrected chi connectivity index (χ2v) is 4.28. The van der Waals surface area contributed by atoms with Gasteiger partial charge in [-0.05, 0) is 12.1 Å². The van der Waals surface area contributed by atoms with Crippen molar-refractivity contribution >= 4 is 18.0 Å². The summed E-state index contributed by atoms with van der Waals surface area (Å²) in [5.41, 5.74) is 1.33. The van der Waals surface area contributed by atoms with Crippen molar-refractivity contribution in [2.45, 2.75) is 0 Å². The minimum Gasteiger partial charge on any atom is -0.496 e. The zero-order valence-corrected chi connectivity index (χ0v) is 11.3. The van der Waals surface area contributed by atoms with E-state index in [0.717, 1.165) is 0 Å². The minimum absolute atomic E-state index is 0.298. The highest BCUT2D eigenvalue weighted by Gasteiger charge is 2.38. The molecular weight excluding hydrogens is 258 g/mol. The number of hydrogen-bond donors (Lipinski definition) is 1. The predicted molar refractivity (Wildman–Crippen MR) is 73.8 cm³/mol. The van der Waals surface area contributed by atoms with Crippen LogP contribution < -0.4 is 10.1 Å². The Labute approximate surface area is 116 Å². The number of para-hydroxylation sites is 1. The molecule has 1 aromatic rings. The number of rotatable bonds is 3. The topological polar surface area (TPSA) is 64.6 Å². The lowest BCUT2D eigenvalue weighted by Gasteiger charge is -2.09. The second-order valence-electron chi connectivity index (χ2n) is 4.28. The maximum atomic E-state index is 11.9. The van der Waals surface area contributed by atoms with Gasteiger partial charge in [0.25, 0.3) is 5.91 Å². The van der Waals surface area contributed by atoms with E-state index >= 15 is 0 Å². The van der Waals surface area contributed by atoms with Crippen LogP contribution in [0.3, 0.4) is 0 Å². The van der Waals surface area contributed by atoms with Crippen LogP contribution in [0.15, 0.2) is 42.1 Å². The van der Waals surface area contributed by atoms with Crippen LogP contribution in [-0.2, 0) is 14.3 Å². The van der Waals surface area contributed by atoms with Gasteiger partial charge < -0.3 is 14.8 Å². The molecule has 1 saturated heterocycles. The first kappa shape index (κ1) is 13.9. The number of carbonyl (C=O) groups excluding carboxylic acids is 2. The van der Waals surface area contributed by atoms with Gasteiger partial charge >= 0.3 is 5.97 Å². The van der Waals surface area contributed by atoms with Crippen molar-refractivity contribution in [3.8, 4) is 5.75 Å². The van der Waals surface area contributed by atoms with Crippen molar-refractivity contribution < 1.29 is 19.1 Å². The molecule has 104 valence electrons. The summed E-state index contributed by atoms with van der Waals surface area (Å²) >= 11 is 0. The summed E-state index contributed by atoms with van der Waals surface area (Å²) in [4.78, 5) is 23.7. The third kappa shape index (κ3) is 2.42. The molecule has 1 aliphatic heterocycles. The summed E-state index contributed by atoms with van der Waals surface area (Å²) in [7, 11) is 2.82. The molecule has 5 heteroatoms. The molecule has 1 atom stereocenters. The summed E-state index contributed by atoms with van der Waals surface area (Å²) < 4.78 is 9.94. The van der Waals surface area contributed by atoms with Crippen LogP contribution in [0, 0.1) is 5.92 Å². The summed E-state index contributed by atoms with van der Waals surface area (Å²) in [6.07, 6.45) is 1.62. The molecule has 1 unspecified atom stereocenters. The zero-order chi connectivity index (χ0) is 14.7. The van der Waals surface area contributed by atoms with Crippen molar-refractivity contribution in [1.82, 2.24) is 5.32 Å². The van der Waals surface area contributed by atoms with Crippen LogP contribution in [0.25, 0.3) is 6.08 Å². The van der Waals surface area contributed by atoms with E-state index in [4.69, 9.17) is 9.47 Å². The van der Waals surface area contributed by atoms with E-state index in [0.29, 0.717) is 22.6 Å². The van der Waals surface area contributed by atoms with Gasteiger partial charge in [0.05, 0.1) is 14.2 Å². The van der Waals surface area contributed by atoms with Gasteiger partial charge in [-0.3, -0.25) is 9.59 Å². The van der Waals surface area contributed by atoms with E-state index in [9.17, 15) is 9.59 Å². The summed E-state index contributed by atoms with van der Waals surface area (Å²) in [5.74, 6) is -1.04. The lowest BCUT2D eigenvalue weighted by Crippen LogP contribution is -2.17. The number of esters is 1. The van der Waals surface area contributed by atoms with Gasteiger partial charge in [0.2, 0.25) is 0 Å². The standard InChI is InChI=1S/C15H15NO4/c1-9-13(15(18)20-3)11(14(17)16-9)8-10-6-4-5-7-12(10)19-2/h4-8,13H,1H2,2-3H3,(H,16,17). The maximum Gasteiger partial charge on any atom is 0.319 e. The molecular formula is C15H15NO4. The molecule has 1 N–H and O–H groups in total. The Bertz CT molecular complexity index is 604. The molecule has 0 radical (unpaired) electrons. The Balaban J connectivity index is 2.47. The number of hydrogen-bond acceptors (Lipinski definition) is 4. The Hall–Kier alpha value is -2.56. The van der Waals surface area contributed by atoms with Crippen molar-refractivity contribution in [1.29, 1.82) is 0 Å². The van der Waals surface area contributed by atoms with Gasteiger partial charge in [-0.25, -0.2) is 0 Å². The van der Waals surface area contributed by atoms with Crippen LogP contribution >= 0.6 is 0 Å². The monoisotopic (exact) mass is 273 g/mol. The Kier molecular flexibility index (Phi) is 3.89. The van der Waals surface area contributed by atoms with E-state index in [1.54, 1.807) is 25.3 Å². The fourth-order valence-electron chi connectivity index (χ4n) is 2.10. The third-order valence-corrected chi connectivity index (χ3v) is 3.08.